The van der Waals surface area contributed by atoms with Crippen LogP contribution < -0.4 is 10.5 Å². The summed E-state index contributed by atoms with van der Waals surface area (Å²) in [5, 5.41) is 17.6. The number of nitrogen functional groups attached to an aromatic ring is 1. The standard InChI is InChI=1S/C11H13N3O2S/c12-11-14-13-10(17-11)7-16-9-3-1-8(2-4-9)5-6-15/h1-4,15H,5-7H2,(H2,12,14). The van der Waals surface area contributed by atoms with E-state index >= 15 is 0 Å². The van der Waals surface area contributed by atoms with Crippen LogP contribution in [0.3, 0.4) is 0 Å². The second kappa shape index (κ2) is 5.60. The van der Waals surface area contributed by atoms with Crippen LogP contribution in [-0.2, 0) is 13.0 Å². The zero-order valence-electron chi connectivity index (χ0n) is 9.17. The van der Waals surface area contributed by atoms with Crippen molar-refractivity contribution < 1.29 is 9.84 Å². The lowest BCUT2D eigenvalue weighted by molar-refractivity contribution is 0.298. The number of nitrogens with two attached hydrogens (primary N) is 1. The van der Waals surface area contributed by atoms with E-state index in [9.17, 15) is 0 Å². The second-order valence-corrected chi connectivity index (χ2v) is 4.53. The van der Waals surface area contributed by atoms with Gasteiger partial charge in [0.05, 0.1) is 0 Å². The molecule has 3 N–H and O–H groups in total. The maximum absolute atomic E-state index is 8.79. The fourth-order valence-corrected chi connectivity index (χ4v) is 1.87. The van der Waals surface area contributed by atoms with E-state index in [0.29, 0.717) is 18.2 Å². The number of benzene rings is 1. The summed E-state index contributed by atoms with van der Waals surface area (Å²) < 4.78 is 5.53. The van der Waals surface area contributed by atoms with Gasteiger partial charge in [-0.15, -0.1) is 10.2 Å². The number of hydrogen-bond acceptors (Lipinski definition) is 6. The fourth-order valence-electron chi connectivity index (χ4n) is 1.35. The van der Waals surface area contributed by atoms with Crippen LogP contribution in [-0.4, -0.2) is 21.9 Å². The van der Waals surface area contributed by atoms with E-state index < -0.39 is 0 Å². The lowest BCUT2D eigenvalue weighted by Gasteiger charge is -2.04. The van der Waals surface area contributed by atoms with Crippen molar-refractivity contribution >= 4 is 16.5 Å². The number of hydrogen-bond donors (Lipinski definition) is 2. The molecule has 5 nitrogen and oxygen atoms in total. The highest BCUT2D eigenvalue weighted by atomic mass is 32.1. The molecule has 0 atom stereocenters. The average Bonchev–Trinajstić information content (AvgIpc) is 2.75. The summed E-state index contributed by atoms with van der Waals surface area (Å²) in [6, 6.07) is 7.60. The van der Waals surface area contributed by atoms with Gasteiger partial charge in [-0.2, -0.15) is 0 Å². The minimum atomic E-state index is 0.157. The summed E-state index contributed by atoms with van der Waals surface area (Å²) in [4.78, 5) is 0. The third kappa shape index (κ3) is 3.40. The maximum atomic E-state index is 8.79. The van der Waals surface area contributed by atoms with Crippen molar-refractivity contribution in [3.05, 3.63) is 34.8 Å². The van der Waals surface area contributed by atoms with E-state index in [1.807, 2.05) is 24.3 Å². The fraction of sp³-hybridized carbons (Fsp3) is 0.273. The first-order valence-corrected chi connectivity index (χ1v) is 6.00. The molecule has 0 saturated heterocycles. The number of anilines is 1. The molecule has 0 saturated carbocycles. The Bertz CT molecular complexity index is 470. The number of nitrogens with zero attached hydrogens (tertiary/aromatic N) is 2. The van der Waals surface area contributed by atoms with Gasteiger partial charge in [-0.05, 0) is 24.1 Å². The smallest absolute Gasteiger partial charge is 0.203 e. The first-order chi connectivity index (χ1) is 8.28. The number of aliphatic hydroxyl groups excluding tert-OH is 1. The van der Waals surface area contributed by atoms with Crippen molar-refractivity contribution in [3.8, 4) is 5.75 Å². The van der Waals surface area contributed by atoms with Crippen molar-refractivity contribution in [2.24, 2.45) is 0 Å². The molecule has 1 aromatic heterocycles. The summed E-state index contributed by atoms with van der Waals surface area (Å²) in [7, 11) is 0. The molecule has 0 amide bonds. The van der Waals surface area contributed by atoms with Crippen molar-refractivity contribution in [1.82, 2.24) is 10.2 Å². The molecule has 6 heteroatoms. The SMILES string of the molecule is Nc1nnc(COc2ccc(CCO)cc2)s1. The molecule has 0 fully saturated rings. The third-order valence-corrected chi connectivity index (χ3v) is 2.89. The minimum Gasteiger partial charge on any atom is -0.486 e. The summed E-state index contributed by atoms with van der Waals surface area (Å²) in [5.74, 6) is 0.764. The number of ether oxygens (including phenoxy) is 1. The Morgan fingerprint density at radius 2 is 2.00 bits per heavy atom. The Kier molecular flexibility index (Phi) is 3.89. The van der Waals surface area contributed by atoms with Crippen LogP contribution in [0.4, 0.5) is 5.13 Å². The monoisotopic (exact) mass is 251 g/mol. The highest BCUT2D eigenvalue weighted by Gasteiger charge is 2.02. The maximum Gasteiger partial charge on any atom is 0.203 e. The van der Waals surface area contributed by atoms with Gasteiger partial charge in [0.25, 0.3) is 0 Å². The quantitative estimate of drug-likeness (QED) is 0.835. The van der Waals surface area contributed by atoms with Crippen LogP contribution in [0.15, 0.2) is 24.3 Å². The number of aliphatic hydroxyl groups is 1. The largest absolute Gasteiger partial charge is 0.486 e. The van der Waals surface area contributed by atoms with Crippen molar-refractivity contribution in [3.63, 3.8) is 0 Å². The second-order valence-electron chi connectivity index (χ2n) is 3.44. The molecule has 0 unspecified atom stereocenters. The Morgan fingerprint density at radius 3 is 2.59 bits per heavy atom. The van der Waals surface area contributed by atoms with Crippen molar-refractivity contribution in [2.75, 3.05) is 12.3 Å². The van der Waals surface area contributed by atoms with E-state index in [1.165, 1.54) is 11.3 Å². The van der Waals surface area contributed by atoms with E-state index in [1.54, 1.807) is 0 Å². The van der Waals surface area contributed by atoms with Gasteiger partial charge < -0.3 is 15.6 Å². The van der Waals surface area contributed by atoms with Gasteiger partial charge in [-0.3, -0.25) is 0 Å². The minimum absolute atomic E-state index is 0.157. The molecule has 0 bridgehead atoms. The molecule has 0 aliphatic rings. The van der Waals surface area contributed by atoms with Gasteiger partial charge in [0.1, 0.15) is 12.4 Å². The molecule has 0 aliphatic heterocycles. The average molecular weight is 251 g/mol. The van der Waals surface area contributed by atoms with E-state index in [4.69, 9.17) is 15.6 Å². The molecule has 1 heterocycles. The van der Waals surface area contributed by atoms with Crippen LogP contribution in [0.1, 0.15) is 10.6 Å². The Hall–Kier alpha value is -1.66. The lowest BCUT2D eigenvalue weighted by atomic mass is 10.1. The Balaban J connectivity index is 1.90. The molecule has 0 spiro atoms. The van der Waals surface area contributed by atoms with Gasteiger partial charge in [0.15, 0.2) is 5.01 Å². The normalized spacial score (nSPS) is 10.4. The summed E-state index contributed by atoms with van der Waals surface area (Å²) in [6.07, 6.45) is 0.660. The molecular formula is C11H13N3O2S. The molecule has 2 aromatic rings. The topological polar surface area (TPSA) is 81.3 Å². The number of rotatable bonds is 5. The first kappa shape index (κ1) is 11.8. The zero-order valence-corrected chi connectivity index (χ0v) is 9.98. The van der Waals surface area contributed by atoms with Gasteiger partial charge in [-0.1, -0.05) is 23.5 Å². The highest BCUT2D eigenvalue weighted by molar-refractivity contribution is 7.15. The Morgan fingerprint density at radius 1 is 1.24 bits per heavy atom. The van der Waals surface area contributed by atoms with Crippen molar-refractivity contribution in [2.45, 2.75) is 13.0 Å². The Labute approximate surface area is 103 Å². The van der Waals surface area contributed by atoms with Crippen LogP contribution in [0.25, 0.3) is 0 Å². The molecule has 90 valence electrons. The lowest BCUT2D eigenvalue weighted by Crippen LogP contribution is -1.95. The molecule has 2 rings (SSSR count). The van der Waals surface area contributed by atoms with E-state index in [-0.39, 0.29) is 6.61 Å². The zero-order chi connectivity index (χ0) is 12.1. The van der Waals surface area contributed by atoms with E-state index in [0.717, 1.165) is 16.3 Å². The molecule has 0 aliphatic carbocycles. The predicted molar refractivity (Wildman–Crippen MR) is 65.9 cm³/mol. The van der Waals surface area contributed by atoms with Gasteiger partial charge in [0, 0.05) is 6.61 Å². The van der Waals surface area contributed by atoms with Gasteiger partial charge >= 0.3 is 0 Å². The van der Waals surface area contributed by atoms with Crippen molar-refractivity contribution in [1.29, 1.82) is 0 Å². The summed E-state index contributed by atoms with van der Waals surface area (Å²) >= 11 is 1.32. The van der Waals surface area contributed by atoms with Gasteiger partial charge in [-0.25, -0.2) is 0 Å². The summed E-state index contributed by atoms with van der Waals surface area (Å²) in [5.41, 5.74) is 6.55. The first-order valence-electron chi connectivity index (χ1n) is 5.18. The molecular weight excluding hydrogens is 238 g/mol. The predicted octanol–water partition coefficient (Wildman–Crippen LogP) is 1.23. The number of aromatic nitrogens is 2. The molecule has 0 radical (unpaired) electrons. The van der Waals surface area contributed by atoms with Gasteiger partial charge in [0.2, 0.25) is 5.13 Å². The van der Waals surface area contributed by atoms with Crippen LogP contribution >= 0.6 is 11.3 Å². The summed E-state index contributed by atoms with van der Waals surface area (Å²) in [6.45, 7) is 0.526. The van der Waals surface area contributed by atoms with Crippen LogP contribution in [0, 0.1) is 0 Å². The third-order valence-electron chi connectivity index (χ3n) is 2.17. The van der Waals surface area contributed by atoms with E-state index in [2.05, 4.69) is 10.2 Å². The molecule has 17 heavy (non-hydrogen) atoms. The van der Waals surface area contributed by atoms with Crippen LogP contribution in [0.2, 0.25) is 0 Å². The molecule has 1 aromatic carbocycles. The highest BCUT2D eigenvalue weighted by Crippen LogP contribution is 2.16. The van der Waals surface area contributed by atoms with Crippen LogP contribution in [0.5, 0.6) is 5.75 Å².